The molecule has 0 spiro atoms. The lowest BCUT2D eigenvalue weighted by atomic mass is 9.98. The molecule has 1 saturated heterocycles. The van der Waals surface area contributed by atoms with Crippen LogP contribution in [-0.2, 0) is 4.79 Å². The number of para-hydroxylation sites is 1. The second-order valence-electron chi connectivity index (χ2n) is 6.70. The van der Waals surface area contributed by atoms with Crippen LogP contribution in [0, 0.1) is 0 Å². The highest BCUT2D eigenvalue weighted by molar-refractivity contribution is 8.26. The molecular weight excluding hydrogens is 461 g/mol. The van der Waals surface area contributed by atoms with Gasteiger partial charge in [-0.25, -0.2) is 0 Å². The van der Waals surface area contributed by atoms with Crippen molar-refractivity contribution in [1.29, 1.82) is 0 Å². The van der Waals surface area contributed by atoms with Crippen molar-refractivity contribution >= 4 is 63.5 Å². The van der Waals surface area contributed by atoms with Crippen molar-refractivity contribution in [2.75, 3.05) is 13.2 Å². The van der Waals surface area contributed by atoms with Gasteiger partial charge in [-0.05, 0) is 42.2 Å². The SMILES string of the molecule is CC[C@@H](C)c1ccccc1OCCOc1c(Cl)cc(Cl)cc1/C=C1\SC(=S)NC1=O. The van der Waals surface area contributed by atoms with E-state index in [0.29, 0.717) is 43.1 Å². The van der Waals surface area contributed by atoms with Gasteiger partial charge in [-0.1, -0.05) is 79.2 Å². The van der Waals surface area contributed by atoms with Crippen LogP contribution in [0.5, 0.6) is 11.5 Å². The standard InChI is InChI=1S/C22H21Cl2NO3S2/c1-3-13(2)16-6-4-5-7-18(16)27-8-9-28-20-14(10-15(23)12-17(20)24)11-19-21(26)25-22(29)30-19/h4-7,10-13H,3,8-9H2,1-2H3,(H,25,26,29)/b19-11-/t13-/m1/s1. The van der Waals surface area contributed by atoms with E-state index < -0.39 is 0 Å². The molecule has 8 heteroatoms. The van der Waals surface area contributed by atoms with E-state index in [1.54, 1.807) is 18.2 Å². The van der Waals surface area contributed by atoms with Gasteiger partial charge in [-0.2, -0.15) is 0 Å². The smallest absolute Gasteiger partial charge is 0.263 e. The van der Waals surface area contributed by atoms with E-state index in [-0.39, 0.29) is 12.5 Å². The minimum atomic E-state index is -0.253. The topological polar surface area (TPSA) is 47.6 Å². The third-order valence-corrected chi connectivity index (χ3v) is 6.28. The minimum absolute atomic E-state index is 0.253. The summed E-state index contributed by atoms with van der Waals surface area (Å²) in [6.45, 7) is 4.96. The second kappa shape index (κ2) is 10.5. The van der Waals surface area contributed by atoms with Gasteiger partial charge in [0.25, 0.3) is 5.91 Å². The van der Waals surface area contributed by atoms with Crippen LogP contribution in [0.3, 0.4) is 0 Å². The van der Waals surface area contributed by atoms with Crippen molar-refractivity contribution < 1.29 is 14.3 Å². The molecule has 1 N–H and O–H groups in total. The number of hydrogen-bond acceptors (Lipinski definition) is 5. The van der Waals surface area contributed by atoms with Gasteiger partial charge in [-0.15, -0.1) is 0 Å². The summed E-state index contributed by atoms with van der Waals surface area (Å²) in [5.41, 5.74) is 1.78. The molecule has 2 aromatic carbocycles. The van der Waals surface area contributed by atoms with E-state index in [4.69, 9.17) is 44.9 Å². The summed E-state index contributed by atoms with van der Waals surface area (Å²) in [6.07, 6.45) is 2.70. The summed E-state index contributed by atoms with van der Waals surface area (Å²) in [5.74, 6) is 1.45. The van der Waals surface area contributed by atoms with Crippen LogP contribution in [0.1, 0.15) is 37.3 Å². The molecule has 0 unspecified atom stereocenters. The molecule has 1 heterocycles. The maximum absolute atomic E-state index is 12.0. The number of thiocarbonyl (C=S) groups is 1. The van der Waals surface area contributed by atoms with Crippen LogP contribution in [-0.4, -0.2) is 23.4 Å². The Kier molecular flexibility index (Phi) is 8.06. The van der Waals surface area contributed by atoms with E-state index in [9.17, 15) is 4.79 Å². The molecule has 1 aliphatic rings. The monoisotopic (exact) mass is 481 g/mol. The number of amides is 1. The number of benzene rings is 2. The summed E-state index contributed by atoms with van der Waals surface area (Å²) in [4.78, 5) is 12.4. The zero-order chi connectivity index (χ0) is 21.7. The molecule has 1 fully saturated rings. The molecule has 3 rings (SSSR count). The van der Waals surface area contributed by atoms with Gasteiger partial charge in [0.2, 0.25) is 0 Å². The van der Waals surface area contributed by atoms with Crippen molar-refractivity contribution in [3.05, 3.63) is 62.5 Å². The summed E-state index contributed by atoms with van der Waals surface area (Å²) in [6, 6.07) is 11.3. The highest BCUT2D eigenvalue weighted by Crippen LogP contribution is 2.36. The number of thioether (sulfide) groups is 1. The average molecular weight is 482 g/mol. The number of rotatable bonds is 8. The van der Waals surface area contributed by atoms with Crippen molar-refractivity contribution in [3.63, 3.8) is 0 Å². The Labute approximate surface area is 195 Å². The van der Waals surface area contributed by atoms with Crippen LogP contribution < -0.4 is 14.8 Å². The molecule has 0 aromatic heterocycles. The van der Waals surface area contributed by atoms with Gasteiger partial charge in [0.05, 0.1) is 9.93 Å². The summed E-state index contributed by atoms with van der Waals surface area (Å²) < 4.78 is 12.3. The molecule has 0 radical (unpaired) electrons. The molecule has 1 aliphatic heterocycles. The molecule has 0 bridgehead atoms. The van der Waals surface area contributed by atoms with Crippen LogP contribution >= 0.6 is 47.2 Å². The van der Waals surface area contributed by atoms with E-state index >= 15 is 0 Å². The average Bonchev–Trinajstić information content (AvgIpc) is 3.03. The molecule has 30 heavy (non-hydrogen) atoms. The van der Waals surface area contributed by atoms with Crippen molar-refractivity contribution in [2.24, 2.45) is 0 Å². The number of hydrogen-bond donors (Lipinski definition) is 1. The van der Waals surface area contributed by atoms with Crippen molar-refractivity contribution in [2.45, 2.75) is 26.2 Å². The highest BCUT2D eigenvalue weighted by Gasteiger charge is 2.23. The van der Waals surface area contributed by atoms with Gasteiger partial charge in [0.15, 0.2) is 0 Å². The van der Waals surface area contributed by atoms with Crippen LogP contribution in [0.15, 0.2) is 41.3 Å². The molecule has 158 valence electrons. The number of nitrogens with one attached hydrogen (secondary N) is 1. The number of carbonyl (C=O) groups is 1. The third kappa shape index (κ3) is 5.70. The lowest BCUT2D eigenvalue weighted by molar-refractivity contribution is -0.115. The Hall–Kier alpha value is -1.73. The van der Waals surface area contributed by atoms with Gasteiger partial charge >= 0.3 is 0 Å². The first-order valence-electron chi connectivity index (χ1n) is 9.47. The molecular formula is C22H21Cl2NO3S2. The Morgan fingerprint density at radius 1 is 1.20 bits per heavy atom. The van der Waals surface area contributed by atoms with Crippen LogP contribution in [0.2, 0.25) is 10.0 Å². The Balaban J connectivity index is 1.71. The molecule has 4 nitrogen and oxygen atoms in total. The normalized spacial score (nSPS) is 15.9. The molecule has 0 aliphatic carbocycles. The van der Waals surface area contributed by atoms with E-state index in [2.05, 4.69) is 25.2 Å². The van der Waals surface area contributed by atoms with Gasteiger partial charge in [0.1, 0.15) is 29.0 Å². The number of halogens is 2. The fourth-order valence-electron chi connectivity index (χ4n) is 2.94. The van der Waals surface area contributed by atoms with E-state index in [0.717, 1.165) is 12.2 Å². The molecule has 1 amide bonds. The molecule has 0 saturated carbocycles. The predicted molar refractivity (Wildman–Crippen MR) is 129 cm³/mol. The first-order chi connectivity index (χ1) is 14.4. The lowest BCUT2D eigenvalue weighted by Gasteiger charge is -2.16. The fraction of sp³-hybridized carbons (Fsp3) is 0.273. The highest BCUT2D eigenvalue weighted by atomic mass is 35.5. The lowest BCUT2D eigenvalue weighted by Crippen LogP contribution is -2.17. The number of carbonyl (C=O) groups excluding carboxylic acids is 1. The molecule has 1 atom stereocenters. The van der Waals surface area contributed by atoms with Crippen LogP contribution in [0.25, 0.3) is 6.08 Å². The zero-order valence-electron chi connectivity index (χ0n) is 16.5. The summed E-state index contributed by atoms with van der Waals surface area (Å²) in [7, 11) is 0. The second-order valence-corrected chi connectivity index (χ2v) is 9.26. The van der Waals surface area contributed by atoms with E-state index in [1.807, 2.05) is 18.2 Å². The fourth-order valence-corrected chi connectivity index (χ4v) is 4.54. The maximum atomic E-state index is 12.0. The predicted octanol–water partition coefficient (Wildman–Crippen LogP) is 6.45. The van der Waals surface area contributed by atoms with Crippen molar-refractivity contribution in [3.8, 4) is 11.5 Å². The minimum Gasteiger partial charge on any atom is -0.490 e. The maximum Gasteiger partial charge on any atom is 0.263 e. The van der Waals surface area contributed by atoms with E-state index in [1.165, 1.54) is 17.3 Å². The quantitative estimate of drug-likeness (QED) is 0.266. The number of ether oxygens (including phenoxy) is 2. The first-order valence-corrected chi connectivity index (χ1v) is 11.5. The Morgan fingerprint density at radius 3 is 2.63 bits per heavy atom. The zero-order valence-corrected chi connectivity index (χ0v) is 19.7. The van der Waals surface area contributed by atoms with Gasteiger partial charge in [-0.3, -0.25) is 4.79 Å². The van der Waals surface area contributed by atoms with Gasteiger partial charge < -0.3 is 14.8 Å². The Bertz CT molecular complexity index is 994. The third-order valence-electron chi connectivity index (χ3n) is 4.62. The Morgan fingerprint density at radius 2 is 1.93 bits per heavy atom. The summed E-state index contributed by atoms with van der Waals surface area (Å²) >= 11 is 18.7. The first kappa shape index (κ1) is 22.9. The van der Waals surface area contributed by atoms with Crippen molar-refractivity contribution in [1.82, 2.24) is 5.32 Å². The summed E-state index contributed by atoms with van der Waals surface area (Å²) in [5, 5.41) is 3.40. The largest absolute Gasteiger partial charge is 0.490 e. The molecule has 2 aromatic rings. The van der Waals surface area contributed by atoms with Gasteiger partial charge in [0, 0.05) is 10.6 Å². The van der Waals surface area contributed by atoms with Crippen LogP contribution in [0.4, 0.5) is 0 Å².